The summed E-state index contributed by atoms with van der Waals surface area (Å²) < 4.78 is 47.6. The lowest BCUT2D eigenvalue weighted by atomic mass is 9.97. The van der Waals surface area contributed by atoms with Crippen LogP contribution in [0.15, 0.2) is 93.7 Å². The van der Waals surface area contributed by atoms with Gasteiger partial charge in [-0.25, -0.2) is 0 Å². The van der Waals surface area contributed by atoms with E-state index in [1.54, 1.807) is 12.1 Å². The van der Waals surface area contributed by atoms with Gasteiger partial charge in [0.25, 0.3) is 5.91 Å². The molecule has 0 spiro atoms. The number of amides is 2. The van der Waals surface area contributed by atoms with Gasteiger partial charge in [-0.15, -0.1) is 13.2 Å². The Kier molecular flexibility index (Phi) is 9.77. The van der Waals surface area contributed by atoms with E-state index in [-0.39, 0.29) is 22.6 Å². The monoisotopic (exact) mass is 679 g/mol. The highest BCUT2D eigenvalue weighted by atomic mass is 35.5. The Bertz CT molecular complexity index is 1900. The Balaban J connectivity index is 1.19. The molecule has 250 valence electrons. The van der Waals surface area contributed by atoms with Crippen molar-refractivity contribution in [2.24, 2.45) is 0 Å². The molecule has 48 heavy (non-hydrogen) atoms. The summed E-state index contributed by atoms with van der Waals surface area (Å²) in [6, 6.07) is 19.1. The van der Waals surface area contributed by atoms with Crippen LogP contribution in [0.25, 0.3) is 11.0 Å². The first-order valence-corrected chi connectivity index (χ1v) is 16.1. The predicted molar refractivity (Wildman–Crippen MR) is 176 cm³/mol. The summed E-state index contributed by atoms with van der Waals surface area (Å²) in [5, 5.41) is 3.41. The van der Waals surface area contributed by atoms with Crippen LogP contribution in [0.3, 0.4) is 0 Å². The quantitative estimate of drug-likeness (QED) is 0.191. The van der Waals surface area contributed by atoms with Crippen LogP contribution in [0, 0.1) is 0 Å². The lowest BCUT2D eigenvalue weighted by Crippen LogP contribution is -2.37. The number of para-hydroxylation sites is 1. The van der Waals surface area contributed by atoms with E-state index in [2.05, 4.69) is 27.1 Å². The Morgan fingerprint density at radius 1 is 0.979 bits per heavy atom. The van der Waals surface area contributed by atoms with Crippen LogP contribution in [0.1, 0.15) is 47.4 Å². The van der Waals surface area contributed by atoms with Crippen molar-refractivity contribution in [3.8, 4) is 5.75 Å². The topological polar surface area (TPSA) is 92.1 Å². The molecule has 3 heterocycles. The van der Waals surface area contributed by atoms with E-state index in [0.29, 0.717) is 24.4 Å². The number of hydrogen-bond donors (Lipinski definition) is 1. The molecule has 1 N–H and O–H groups in total. The zero-order valence-electron chi connectivity index (χ0n) is 25.9. The second kappa shape index (κ2) is 14.1. The molecule has 12 heteroatoms. The highest BCUT2D eigenvalue weighted by molar-refractivity contribution is 6.30. The second-order valence-corrected chi connectivity index (χ2v) is 12.4. The largest absolute Gasteiger partial charge is 0.573 e. The summed E-state index contributed by atoms with van der Waals surface area (Å²) in [6.45, 7) is 2.90. The van der Waals surface area contributed by atoms with Gasteiger partial charge in [0.1, 0.15) is 11.3 Å². The number of carbonyl (C=O) groups is 2. The molecule has 1 aromatic heterocycles. The Morgan fingerprint density at radius 2 is 1.73 bits per heavy atom. The lowest BCUT2D eigenvalue weighted by Gasteiger charge is -2.33. The Hall–Kier alpha value is -4.77. The highest BCUT2D eigenvalue weighted by Gasteiger charge is 2.31. The summed E-state index contributed by atoms with van der Waals surface area (Å²) in [7, 11) is 0. The predicted octanol–water partition coefficient (Wildman–Crippen LogP) is 7.04. The number of piperidine rings is 1. The lowest BCUT2D eigenvalue weighted by molar-refractivity contribution is -0.274. The smallest absolute Gasteiger partial charge is 0.451 e. The fourth-order valence-electron chi connectivity index (χ4n) is 6.23. The van der Waals surface area contributed by atoms with Gasteiger partial charge in [-0.2, -0.15) is 0 Å². The van der Waals surface area contributed by atoms with E-state index >= 15 is 0 Å². The number of rotatable bonds is 9. The summed E-state index contributed by atoms with van der Waals surface area (Å²) in [5.74, 6) is -1.27. The third kappa shape index (κ3) is 8.20. The Morgan fingerprint density at radius 3 is 2.44 bits per heavy atom. The fourth-order valence-corrected chi connectivity index (χ4v) is 6.35. The van der Waals surface area contributed by atoms with E-state index in [9.17, 15) is 27.6 Å². The van der Waals surface area contributed by atoms with E-state index < -0.39 is 29.5 Å². The number of nitrogens with one attached hydrogen (secondary N) is 1. The number of benzene rings is 3. The number of ether oxygens (including phenoxy) is 1. The zero-order chi connectivity index (χ0) is 33.8. The van der Waals surface area contributed by atoms with Gasteiger partial charge in [-0.1, -0.05) is 53.6 Å². The summed E-state index contributed by atoms with van der Waals surface area (Å²) >= 11 is 6.09. The van der Waals surface area contributed by atoms with Crippen LogP contribution in [0.4, 0.5) is 18.9 Å². The first-order chi connectivity index (χ1) is 23.0. The first-order valence-electron chi connectivity index (χ1n) is 15.7. The maximum absolute atomic E-state index is 13.4. The molecule has 0 aliphatic carbocycles. The summed E-state index contributed by atoms with van der Waals surface area (Å²) in [6.07, 6.45) is 0.576. The van der Waals surface area contributed by atoms with Crippen molar-refractivity contribution < 1.29 is 31.9 Å². The highest BCUT2D eigenvalue weighted by Crippen LogP contribution is 2.29. The number of nitrogens with zero attached hydrogens (tertiary/aromatic N) is 2. The normalized spacial score (nSPS) is 15.9. The van der Waals surface area contributed by atoms with Crippen LogP contribution in [0.2, 0.25) is 5.02 Å². The molecule has 4 aromatic rings. The Labute approximate surface area is 279 Å². The molecule has 1 unspecified atom stereocenters. The van der Waals surface area contributed by atoms with E-state index in [4.69, 9.17) is 16.0 Å². The zero-order valence-corrected chi connectivity index (χ0v) is 26.7. The van der Waals surface area contributed by atoms with Crippen LogP contribution in [0.5, 0.6) is 5.75 Å². The van der Waals surface area contributed by atoms with Crippen LogP contribution >= 0.6 is 11.6 Å². The molecule has 0 radical (unpaired) electrons. The average Bonchev–Trinajstić information content (AvgIpc) is 3.46. The number of anilines is 1. The summed E-state index contributed by atoms with van der Waals surface area (Å²) in [4.78, 5) is 42.7. The molecule has 2 fully saturated rings. The van der Waals surface area contributed by atoms with Gasteiger partial charge in [0.2, 0.25) is 5.91 Å². The van der Waals surface area contributed by atoms with Gasteiger partial charge in [0.05, 0.1) is 11.4 Å². The minimum absolute atomic E-state index is 0.0449. The number of carbonyl (C=O) groups excluding carboxylic acids is 2. The van der Waals surface area contributed by atoms with Gasteiger partial charge in [0, 0.05) is 49.4 Å². The van der Waals surface area contributed by atoms with Crippen molar-refractivity contribution >= 4 is 40.1 Å². The molecular formula is C36H33ClF3N3O5. The second-order valence-electron chi connectivity index (χ2n) is 12.0. The van der Waals surface area contributed by atoms with Crippen molar-refractivity contribution in [3.63, 3.8) is 0 Å². The number of alkyl halides is 3. The third-order valence-electron chi connectivity index (χ3n) is 8.55. The molecule has 0 bridgehead atoms. The molecule has 8 nitrogen and oxygen atoms in total. The minimum Gasteiger partial charge on any atom is -0.451 e. The third-order valence-corrected chi connectivity index (χ3v) is 8.80. The fraction of sp³-hybridized carbons (Fsp3) is 0.306. The van der Waals surface area contributed by atoms with Crippen molar-refractivity contribution in [1.29, 1.82) is 0 Å². The standard InChI is InChI=1S/C36H33ClF3N3O5/c37-26-9-7-23(8-10-26)18-27(41-35(46)33-21-31(44)29-20-28(48-36(38,39)40)11-12-32(29)47-33)19-24-13-16-42(17-14-24)30-5-2-1-4-25(30)22-43-15-3-6-34(43)45/h1-2,4-5,7-12,19-21,27H,3,6,13-18,22H2,(H,41,46). The van der Waals surface area contributed by atoms with E-state index in [1.807, 2.05) is 35.2 Å². The number of fused-ring (bicyclic) bond motifs is 1. The minimum atomic E-state index is -4.92. The van der Waals surface area contributed by atoms with Crippen LogP contribution < -0.4 is 20.4 Å². The van der Waals surface area contributed by atoms with Crippen molar-refractivity contribution in [1.82, 2.24) is 10.2 Å². The first kappa shape index (κ1) is 33.1. The van der Waals surface area contributed by atoms with Crippen molar-refractivity contribution in [3.05, 3.63) is 117 Å². The molecule has 6 rings (SSSR count). The van der Waals surface area contributed by atoms with Crippen molar-refractivity contribution in [2.75, 3.05) is 24.5 Å². The molecule has 2 amide bonds. The van der Waals surface area contributed by atoms with Gasteiger partial charge in [-0.05, 0) is 73.2 Å². The van der Waals surface area contributed by atoms with E-state index in [0.717, 1.165) is 85.5 Å². The number of likely N-dealkylation sites (tertiary alicyclic amines) is 1. The molecule has 0 saturated carbocycles. The molecule has 3 aromatic carbocycles. The number of halogens is 4. The number of hydrogen-bond acceptors (Lipinski definition) is 6. The van der Waals surface area contributed by atoms with Gasteiger partial charge >= 0.3 is 6.36 Å². The molecule has 2 aliphatic rings. The molecule has 1 atom stereocenters. The molecule has 2 saturated heterocycles. The average molecular weight is 680 g/mol. The SMILES string of the molecule is O=C(NC(C=C1CCN(c2ccccc2CN2CCCC2=O)CC1)Cc1ccc(Cl)cc1)c1cc(=O)c2cc(OC(F)(F)F)ccc2o1. The summed E-state index contributed by atoms with van der Waals surface area (Å²) in [5.41, 5.74) is 3.61. The maximum atomic E-state index is 13.4. The van der Waals surface area contributed by atoms with Gasteiger partial charge in [-0.3, -0.25) is 14.4 Å². The van der Waals surface area contributed by atoms with Crippen LogP contribution in [-0.2, 0) is 17.8 Å². The van der Waals surface area contributed by atoms with Crippen molar-refractivity contribution in [2.45, 2.75) is 51.1 Å². The van der Waals surface area contributed by atoms with Gasteiger partial charge < -0.3 is 24.3 Å². The molecular weight excluding hydrogens is 647 g/mol. The maximum Gasteiger partial charge on any atom is 0.573 e. The van der Waals surface area contributed by atoms with Gasteiger partial charge in [0.15, 0.2) is 11.2 Å². The van der Waals surface area contributed by atoms with Crippen LogP contribution in [-0.4, -0.2) is 48.8 Å². The van der Waals surface area contributed by atoms with E-state index in [1.165, 1.54) is 0 Å². The molecule has 2 aliphatic heterocycles.